The Kier molecular flexibility index (Phi) is 14.4. The van der Waals surface area contributed by atoms with Crippen LogP contribution in [0.4, 0.5) is 4.79 Å². The maximum Gasteiger partial charge on any atom is 0.408 e. The Morgan fingerprint density at radius 2 is 1.39 bits per heavy atom. The van der Waals surface area contributed by atoms with Gasteiger partial charge >= 0.3 is 18.0 Å². The maximum atomic E-state index is 13.5. The van der Waals surface area contributed by atoms with Crippen LogP contribution in [0.1, 0.15) is 36.0 Å². The lowest BCUT2D eigenvalue weighted by Gasteiger charge is -2.24. The third-order valence-corrected chi connectivity index (χ3v) is 7.68. The Morgan fingerprint density at radius 1 is 0.816 bits per heavy atom. The highest BCUT2D eigenvalue weighted by Gasteiger charge is 2.31. The molecule has 3 aromatic rings. The van der Waals surface area contributed by atoms with E-state index >= 15 is 0 Å². The summed E-state index contributed by atoms with van der Waals surface area (Å²) in [7, 11) is 0. The number of ether oxygens (including phenoxy) is 3. The number of aliphatic hydroxyl groups excluding tert-OH is 1. The largest absolute Gasteiger partial charge is 0.461 e. The summed E-state index contributed by atoms with van der Waals surface area (Å²) in [6.07, 6.45) is 2.58. The van der Waals surface area contributed by atoms with Crippen molar-refractivity contribution < 1.29 is 43.3 Å². The fourth-order valence-corrected chi connectivity index (χ4v) is 5.02. The molecule has 1 heterocycles. The number of rotatable bonds is 12. The van der Waals surface area contributed by atoms with E-state index in [1.165, 1.54) is 0 Å². The number of allylic oxidation sites excluding steroid dienone is 1. The van der Waals surface area contributed by atoms with Crippen molar-refractivity contribution in [1.29, 1.82) is 0 Å². The predicted octanol–water partition coefficient (Wildman–Crippen LogP) is 3.13. The van der Waals surface area contributed by atoms with Crippen LogP contribution in [0.3, 0.4) is 0 Å². The zero-order valence-corrected chi connectivity index (χ0v) is 27.0. The second-order valence-electron chi connectivity index (χ2n) is 11.5. The highest BCUT2D eigenvalue weighted by molar-refractivity contribution is 5.90. The van der Waals surface area contributed by atoms with E-state index in [2.05, 4.69) is 16.0 Å². The molecule has 4 atom stereocenters. The van der Waals surface area contributed by atoms with Gasteiger partial charge in [-0.2, -0.15) is 0 Å². The molecule has 258 valence electrons. The Balaban J connectivity index is 1.45. The Hall–Kier alpha value is -5.49. The fourth-order valence-electron chi connectivity index (χ4n) is 5.02. The lowest BCUT2D eigenvalue weighted by Crippen LogP contribution is -2.50. The summed E-state index contributed by atoms with van der Waals surface area (Å²) < 4.78 is 16.1. The molecule has 0 fully saturated rings. The van der Waals surface area contributed by atoms with Crippen molar-refractivity contribution in [3.05, 3.63) is 120 Å². The van der Waals surface area contributed by atoms with Crippen molar-refractivity contribution in [2.75, 3.05) is 13.2 Å². The zero-order valence-electron chi connectivity index (χ0n) is 27.0. The number of benzene rings is 3. The Morgan fingerprint density at radius 3 is 2.00 bits per heavy atom. The van der Waals surface area contributed by atoms with E-state index in [-0.39, 0.29) is 39.1 Å². The van der Waals surface area contributed by atoms with Crippen molar-refractivity contribution >= 4 is 29.8 Å². The van der Waals surface area contributed by atoms with Gasteiger partial charge in [-0.25, -0.2) is 14.4 Å². The van der Waals surface area contributed by atoms with E-state index in [0.29, 0.717) is 12.0 Å². The van der Waals surface area contributed by atoms with E-state index in [0.717, 1.165) is 11.1 Å². The number of aliphatic hydroxyl groups is 1. The molecule has 49 heavy (non-hydrogen) atoms. The first-order chi connectivity index (χ1) is 23.8. The molecule has 0 aromatic heterocycles. The van der Waals surface area contributed by atoms with Crippen molar-refractivity contribution in [3.63, 3.8) is 0 Å². The molecule has 4 N–H and O–H groups in total. The van der Waals surface area contributed by atoms with Crippen LogP contribution in [0.5, 0.6) is 0 Å². The number of hydrogen-bond acceptors (Lipinski definition) is 9. The summed E-state index contributed by atoms with van der Waals surface area (Å²) >= 11 is 0. The number of hydrogen-bond donors (Lipinski definition) is 4. The number of carbonyl (C=O) groups is 5. The summed E-state index contributed by atoms with van der Waals surface area (Å²) in [6, 6.07) is 24.1. The minimum Gasteiger partial charge on any atom is -0.461 e. The van der Waals surface area contributed by atoms with Gasteiger partial charge in [0.2, 0.25) is 11.8 Å². The van der Waals surface area contributed by atoms with Crippen molar-refractivity contribution in [2.45, 2.75) is 57.0 Å². The van der Waals surface area contributed by atoms with E-state index < -0.39 is 60.5 Å². The molecule has 3 amide bonds. The summed E-state index contributed by atoms with van der Waals surface area (Å²) in [6.45, 7) is -0.990. The van der Waals surface area contributed by atoms with Crippen LogP contribution in [0, 0.1) is 5.92 Å². The average Bonchev–Trinajstić information content (AvgIpc) is 3.12. The molecule has 0 radical (unpaired) electrons. The molecule has 0 saturated carbocycles. The normalized spacial score (nSPS) is 18.8. The highest BCUT2D eigenvalue weighted by atomic mass is 16.6. The van der Waals surface area contributed by atoms with Crippen LogP contribution < -0.4 is 16.0 Å². The van der Waals surface area contributed by atoms with E-state index in [9.17, 15) is 29.1 Å². The molecule has 3 aromatic carbocycles. The number of nitrogens with one attached hydrogen (secondary N) is 3. The first-order valence-electron chi connectivity index (χ1n) is 16.0. The Bertz CT molecular complexity index is 1550. The Labute approximate surface area is 284 Å². The lowest BCUT2D eigenvalue weighted by molar-refractivity contribution is -0.156. The van der Waals surface area contributed by atoms with E-state index in [4.69, 9.17) is 14.2 Å². The molecule has 12 heteroatoms. The molecule has 1 aliphatic heterocycles. The van der Waals surface area contributed by atoms with Crippen molar-refractivity contribution in [3.8, 4) is 0 Å². The molecule has 0 spiro atoms. The van der Waals surface area contributed by atoms with Gasteiger partial charge in [-0.15, -0.1) is 0 Å². The number of alkyl carbamates (subject to hydrolysis) is 1. The lowest BCUT2D eigenvalue weighted by atomic mass is 9.97. The molecule has 4 rings (SSSR count). The van der Waals surface area contributed by atoms with Gasteiger partial charge < -0.3 is 35.3 Å². The maximum absolute atomic E-state index is 13.5. The minimum atomic E-state index is -1.40. The van der Waals surface area contributed by atoms with Crippen LogP contribution in [-0.4, -0.2) is 66.3 Å². The van der Waals surface area contributed by atoms with Crippen molar-refractivity contribution in [1.82, 2.24) is 16.0 Å². The molecular formula is C37H41N3O9. The zero-order chi connectivity index (χ0) is 34.8. The standard InChI is InChI=1S/C37H41N3O9/c41-22-30(20-26-12-4-1-5-13-26)38-33(42)21-29-18-10-11-19-31(40-37(46)49-24-28-16-8-3-9-17-28)35(44)48-25-32(39-34(29)43)36(45)47-23-27-14-6-2-7-15-27/h1-17,29-32,41H,18-25H2,(H,38,42)(H,39,43)(H,40,46). The van der Waals surface area contributed by atoms with Gasteiger partial charge in [0.05, 0.1) is 18.6 Å². The molecular weight excluding hydrogens is 630 g/mol. The van der Waals surface area contributed by atoms with Gasteiger partial charge in [0, 0.05) is 6.42 Å². The number of amides is 3. The third-order valence-electron chi connectivity index (χ3n) is 7.68. The van der Waals surface area contributed by atoms with Gasteiger partial charge in [-0.05, 0) is 36.0 Å². The smallest absolute Gasteiger partial charge is 0.408 e. The number of cyclic esters (lactones) is 1. The van der Waals surface area contributed by atoms with Gasteiger partial charge in [-0.1, -0.05) is 103 Å². The molecule has 1 aliphatic rings. The van der Waals surface area contributed by atoms with Crippen LogP contribution in [0.15, 0.2) is 103 Å². The van der Waals surface area contributed by atoms with Crippen LogP contribution in [0.25, 0.3) is 0 Å². The predicted molar refractivity (Wildman–Crippen MR) is 178 cm³/mol. The van der Waals surface area contributed by atoms with Crippen molar-refractivity contribution in [2.24, 2.45) is 5.92 Å². The van der Waals surface area contributed by atoms with E-state index in [1.807, 2.05) is 42.5 Å². The van der Waals surface area contributed by atoms with Gasteiger partial charge in [0.15, 0.2) is 6.04 Å². The molecule has 0 saturated heterocycles. The molecule has 0 bridgehead atoms. The first kappa shape index (κ1) is 36.3. The SMILES string of the molecule is O=C(CC1CC=CCC(NC(=O)OCc2ccccc2)C(=O)OCC(C(=O)OCc2ccccc2)NC1=O)NC(CO)Cc1ccccc1. The highest BCUT2D eigenvalue weighted by Crippen LogP contribution is 2.15. The second kappa shape index (κ2) is 19.4. The molecule has 0 aliphatic carbocycles. The summed E-state index contributed by atoms with van der Waals surface area (Å²) in [5.74, 6) is -3.71. The van der Waals surface area contributed by atoms with Crippen LogP contribution in [-0.2, 0) is 53.0 Å². The summed E-state index contributed by atoms with van der Waals surface area (Å²) in [5, 5.41) is 17.8. The molecule has 12 nitrogen and oxygen atoms in total. The van der Waals surface area contributed by atoms with Crippen LogP contribution in [0.2, 0.25) is 0 Å². The van der Waals surface area contributed by atoms with Gasteiger partial charge in [-0.3, -0.25) is 9.59 Å². The third kappa shape index (κ3) is 12.6. The topological polar surface area (TPSA) is 169 Å². The molecule has 4 unspecified atom stereocenters. The minimum absolute atomic E-state index is 0.00735. The van der Waals surface area contributed by atoms with Gasteiger partial charge in [0.25, 0.3) is 0 Å². The van der Waals surface area contributed by atoms with E-state index in [1.54, 1.807) is 60.7 Å². The number of carbonyl (C=O) groups excluding carboxylic acids is 5. The number of esters is 2. The summed E-state index contributed by atoms with van der Waals surface area (Å²) in [5.41, 5.74) is 2.39. The van der Waals surface area contributed by atoms with Crippen LogP contribution >= 0.6 is 0 Å². The van der Waals surface area contributed by atoms with Gasteiger partial charge in [0.1, 0.15) is 25.9 Å². The fraction of sp³-hybridized carbons (Fsp3) is 0.324. The summed E-state index contributed by atoms with van der Waals surface area (Å²) in [4.78, 5) is 65.4. The first-order valence-corrected chi connectivity index (χ1v) is 16.0. The monoisotopic (exact) mass is 671 g/mol. The average molecular weight is 672 g/mol. The second-order valence-corrected chi connectivity index (χ2v) is 11.5. The quantitative estimate of drug-likeness (QED) is 0.128.